The lowest BCUT2D eigenvalue weighted by molar-refractivity contribution is 0.884. The smallest absolute Gasteiger partial charge is 0.282 e. The number of hydrogen-bond donors (Lipinski definition) is 0. The topological polar surface area (TPSA) is 78.0 Å². The third-order valence-corrected chi connectivity index (χ3v) is 4.49. The number of nitrogens with zero attached hydrogens (tertiary/aromatic N) is 6. The largest absolute Gasteiger partial charge is 0.285 e. The Morgan fingerprint density at radius 3 is 2.73 bits per heavy atom. The molecule has 0 unspecified atom stereocenters. The summed E-state index contributed by atoms with van der Waals surface area (Å²) in [6.45, 7) is 1.97. The van der Waals surface area contributed by atoms with E-state index in [9.17, 15) is 4.79 Å². The van der Waals surface area contributed by atoms with Crippen molar-refractivity contribution < 1.29 is 0 Å². The van der Waals surface area contributed by atoms with Gasteiger partial charge in [0, 0.05) is 18.0 Å². The molecule has 7 heteroatoms. The predicted molar refractivity (Wildman–Crippen MR) is 98.6 cm³/mol. The molecule has 0 fully saturated rings. The van der Waals surface area contributed by atoms with Gasteiger partial charge in [-0.05, 0) is 17.5 Å². The zero-order valence-corrected chi connectivity index (χ0v) is 14.0. The maximum Gasteiger partial charge on any atom is 0.285 e. The second-order valence-electron chi connectivity index (χ2n) is 6.02. The number of aromatic nitrogens is 6. The summed E-state index contributed by atoms with van der Waals surface area (Å²) in [5, 5.41) is 14.7. The fourth-order valence-electron chi connectivity index (χ4n) is 3.20. The first-order valence-corrected chi connectivity index (χ1v) is 8.38. The van der Waals surface area contributed by atoms with Crippen LogP contribution in [0.25, 0.3) is 33.3 Å². The van der Waals surface area contributed by atoms with Crippen LogP contribution >= 0.6 is 0 Å². The summed E-state index contributed by atoms with van der Waals surface area (Å²) in [5.74, 6) is 1.07. The highest BCUT2D eigenvalue weighted by Crippen LogP contribution is 2.21. The van der Waals surface area contributed by atoms with Crippen molar-refractivity contribution in [2.45, 2.75) is 13.3 Å². The number of aryl methyl sites for hydroxylation is 1. The fraction of sp³-hybridized carbons (Fsp3) is 0.105. The number of benzene rings is 2. The molecule has 0 radical (unpaired) electrons. The molecule has 3 aromatic heterocycles. The first kappa shape index (κ1) is 14.7. The Hall–Kier alpha value is -3.61. The van der Waals surface area contributed by atoms with E-state index in [1.807, 2.05) is 55.5 Å². The van der Waals surface area contributed by atoms with E-state index < -0.39 is 0 Å². The Labute approximate surface area is 147 Å². The predicted octanol–water partition coefficient (Wildman–Crippen LogP) is 2.54. The van der Waals surface area contributed by atoms with Crippen molar-refractivity contribution >= 4 is 27.6 Å². The van der Waals surface area contributed by atoms with Gasteiger partial charge in [0.15, 0.2) is 11.3 Å². The van der Waals surface area contributed by atoms with Gasteiger partial charge in [-0.15, -0.1) is 15.3 Å². The molecule has 5 rings (SSSR count). The van der Waals surface area contributed by atoms with Crippen LogP contribution in [-0.4, -0.2) is 29.4 Å². The lowest BCUT2D eigenvalue weighted by atomic mass is 10.1. The van der Waals surface area contributed by atoms with Gasteiger partial charge in [-0.1, -0.05) is 43.3 Å². The molecule has 0 saturated carbocycles. The van der Waals surface area contributed by atoms with Crippen LogP contribution in [0.3, 0.4) is 0 Å². The molecule has 5 aromatic rings. The first-order chi connectivity index (χ1) is 12.8. The Morgan fingerprint density at radius 2 is 1.85 bits per heavy atom. The third kappa shape index (κ3) is 2.03. The van der Waals surface area contributed by atoms with Crippen LogP contribution in [0.5, 0.6) is 0 Å². The SMILES string of the molecule is CCc1nc2nnc3c(=O)n(-c4cccc5ccccc45)ccc3n2n1. The molecule has 3 heterocycles. The Morgan fingerprint density at radius 1 is 1.00 bits per heavy atom. The van der Waals surface area contributed by atoms with Crippen molar-refractivity contribution in [3.8, 4) is 5.69 Å². The molecule has 7 nitrogen and oxygen atoms in total. The summed E-state index contributed by atoms with van der Waals surface area (Å²) in [7, 11) is 0. The van der Waals surface area contributed by atoms with Gasteiger partial charge in [0.1, 0.15) is 5.52 Å². The molecule has 0 N–H and O–H groups in total. The summed E-state index contributed by atoms with van der Waals surface area (Å²) in [5.41, 5.74) is 1.44. The van der Waals surface area contributed by atoms with Gasteiger partial charge in [0.2, 0.25) is 0 Å². The molecule has 0 atom stereocenters. The Kier molecular flexibility index (Phi) is 3.08. The number of fused-ring (bicyclic) bond motifs is 4. The highest BCUT2D eigenvalue weighted by atomic mass is 16.1. The Bertz CT molecular complexity index is 1350. The molecule has 0 saturated heterocycles. The molecule has 0 aliphatic rings. The van der Waals surface area contributed by atoms with Crippen molar-refractivity contribution in [2.24, 2.45) is 0 Å². The molecule has 0 aliphatic carbocycles. The normalized spacial score (nSPS) is 11.6. The van der Waals surface area contributed by atoms with Gasteiger partial charge < -0.3 is 0 Å². The van der Waals surface area contributed by atoms with Gasteiger partial charge in [0.05, 0.1) is 5.69 Å². The van der Waals surface area contributed by atoms with E-state index in [4.69, 9.17) is 0 Å². The van der Waals surface area contributed by atoms with Crippen molar-refractivity contribution in [3.05, 3.63) is 70.9 Å². The molecule has 0 spiro atoms. The Balaban J connectivity index is 1.83. The minimum Gasteiger partial charge on any atom is -0.282 e. The van der Waals surface area contributed by atoms with Crippen LogP contribution in [0.15, 0.2) is 59.5 Å². The van der Waals surface area contributed by atoms with E-state index in [1.165, 1.54) is 0 Å². The molecule has 126 valence electrons. The zero-order valence-electron chi connectivity index (χ0n) is 14.0. The number of rotatable bonds is 2. The first-order valence-electron chi connectivity index (χ1n) is 8.38. The van der Waals surface area contributed by atoms with Crippen molar-refractivity contribution in [1.29, 1.82) is 0 Å². The maximum atomic E-state index is 13.1. The molecular weight excluding hydrogens is 328 g/mol. The summed E-state index contributed by atoms with van der Waals surface area (Å²) in [6, 6.07) is 15.7. The summed E-state index contributed by atoms with van der Waals surface area (Å²) < 4.78 is 3.18. The molecule has 0 aliphatic heterocycles. The third-order valence-electron chi connectivity index (χ3n) is 4.49. The quantitative estimate of drug-likeness (QED) is 0.493. The van der Waals surface area contributed by atoms with E-state index in [2.05, 4.69) is 20.3 Å². The second kappa shape index (κ2) is 5.45. The minimum atomic E-state index is -0.234. The molecule has 26 heavy (non-hydrogen) atoms. The molecule has 2 aromatic carbocycles. The summed E-state index contributed by atoms with van der Waals surface area (Å²) in [4.78, 5) is 17.4. The van der Waals surface area contributed by atoms with E-state index in [1.54, 1.807) is 15.3 Å². The maximum absolute atomic E-state index is 13.1. The standard InChI is InChI=1S/C19H14N6O/c1-2-16-20-19-22-21-17-15(25(19)23-16)10-11-24(18(17)26)14-9-5-7-12-6-3-4-8-13(12)14/h3-11H,2H2,1H3. The highest BCUT2D eigenvalue weighted by Gasteiger charge is 2.13. The van der Waals surface area contributed by atoms with Gasteiger partial charge in [-0.2, -0.15) is 9.50 Å². The molecular formula is C19H14N6O. The van der Waals surface area contributed by atoms with Crippen LogP contribution in [0.4, 0.5) is 0 Å². The van der Waals surface area contributed by atoms with Crippen LogP contribution in [0.2, 0.25) is 0 Å². The fourth-order valence-corrected chi connectivity index (χ4v) is 3.20. The van der Waals surface area contributed by atoms with Gasteiger partial charge in [0.25, 0.3) is 11.3 Å². The van der Waals surface area contributed by atoms with Crippen molar-refractivity contribution in [3.63, 3.8) is 0 Å². The van der Waals surface area contributed by atoms with Gasteiger partial charge in [-0.3, -0.25) is 9.36 Å². The molecule has 0 bridgehead atoms. The summed E-state index contributed by atoms with van der Waals surface area (Å²) >= 11 is 0. The highest BCUT2D eigenvalue weighted by molar-refractivity contribution is 5.90. The zero-order chi connectivity index (χ0) is 17.7. The number of pyridine rings is 1. The van der Waals surface area contributed by atoms with E-state index >= 15 is 0 Å². The van der Waals surface area contributed by atoms with E-state index in [0.717, 1.165) is 16.5 Å². The van der Waals surface area contributed by atoms with Crippen molar-refractivity contribution in [2.75, 3.05) is 0 Å². The van der Waals surface area contributed by atoms with Crippen LogP contribution < -0.4 is 5.56 Å². The minimum absolute atomic E-state index is 0.234. The van der Waals surface area contributed by atoms with Crippen LogP contribution in [0, 0.1) is 0 Å². The van der Waals surface area contributed by atoms with E-state index in [-0.39, 0.29) is 11.1 Å². The average Bonchev–Trinajstić information content (AvgIpc) is 3.12. The molecule has 0 amide bonds. The number of hydrogen-bond acceptors (Lipinski definition) is 5. The second-order valence-corrected chi connectivity index (χ2v) is 6.02. The van der Waals surface area contributed by atoms with Gasteiger partial charge >= 0.3 is 0 Å². The summed E-state index contributed by atoms with van der Waals surface area (Å²) in [6.07, 6.45) is 2.44. The van der Waals surface area contributed by atoms with E-state index in [0.29, 0.717) is 23.5 Å². The lowest BCUT2D eigenvalue weighted by Gasteiger charge is -2.10. The van der Waals surface area contributed by atoms with Crippen LogP contribution in [-0.2, 0) is 6.42 Å². The monoisotopic (exact) mass is 342 g/mol. The lowest BCUT2D eigenvalue weighted by Crippen LogP contribution is -2.20. The average molecular weight is 342 g/mol. The van der Waals surface area contributed by atoms with Crippen molar-refractivity contribution in [1.82, 2.24) is 29.4 Å². The van der Waals surface area contributed by atoms with Gasteiger partial charge in [-0.25, -0.2) is 0 Å². The van der Waals surface area contributed by atoms with Crippen LogP contribution in [0.1, 0.15) is 12.7 Å².